The number of carbonyl (C=O) groups excluding carboxylic acids is 3. The van der Waals surface area contributed by atoms with Crippen molar-refractivity contribution in [1.29, 1.82) is 0 Å². The minimum Gasteiger partial charge on any atom is -0.489 e. The summed E-state index contributed by atoms with van der Waals surface area (Å²) in [6.45, 7) is 7.13. The van der Waals surface area contributed by atoms with E-state index in [-0.39, 0.29) is 86.1 Å². The second kappa shape index (κ2) is 25.3. The molecule has 6 heterocycles. The third-order valence-corrected chi connectivity index (χ3v) is 14.5. The number of likely N-dealkylation sites (N-methyl/N-ethyl adjacent to an activating group) is 1. The number of pyridine rings is 1. The van der Waals surface area contributed by atoms with Gasteiger partial charge in [0.2, 0.25) is 17.6 Å². The average molecular weight is 1010 g/mol. The number of piperidine rings is 1. The number of likely N-dealkylation sites (tertiary alicyclic amines) is 1. The number of benzene rings is 1. The van der Waals surface area contributed by atoms with Crippen LogP contribution < -0.4 is 24.8 Å². The molecule has 4 aromatic heterocycles. The Morgan fingerprint density at radius 3 is 2.23 bits per heavy atom. The van der Waals surface area contributed by atoms with Gasteiger partial charge in [-0.05, 0) is 74.3 Å². The molecule has 1 aromatic carbocycles. The fourth-order valence-electron chi connectivity index (χ4n) is 9.39. The Labute approximate surface area is 416 Å². The van der Waals surface area contributed by atoms with Gasteiger partial charge in [0.25, 0.3) is 11.8 Å². The number of amides is 3. The van der Waals surface area contributed by atoms with Gasteiger partial charge in [-0.2, -0.15) is 4.39 Å². The maximum absolute atomic E-state index is 15.2. The van der Waals surface area contributed by atoms with Gasteiger partial charge in [0, 0.05) is 70.0 Å². The number of halogens is 2. The molecule has 1 saturated carbocycles. The fraction of sp³-hybridized carbons (Fsp3) is 0.580. The molecule has 8 rings (SSSR count). The van der Waals surface area contributed by atoms with Gasteiger partial charge < -0.3 is 57.9 Å². The normalized spacial score (nSPS) is 17.2. The van der Waals surface area contributed by atoms with Crippen LogP contribution in [0, 0.1) is 17.6 Å². The lowest BCUT2D eigenvalue weighted by atomic mass is 9.83. The number of piperazine rings is 1. The first kappa shape index (κ1) is 51.9. The molecular weight excluding hydrogens is 943 g/mol. The third kappa shape index (κ3) is 13.3. The molecule has 3 aliphatic rings. The number of fused-ring (bicyclic) bond motifs is 2. The zero-order chi connectivity index (χ0) is 49.7. The number of nitrogens with zero attached hydrogens (tertiary/aromatic N) is 6. The SMILES string of the molecule is CN[C@@H](C)C(=O)N[C@H](C(=O)N1CCN(C(=O)c2cc3c(OCCOCCOCCOCCOc4cc(CN5CCC(Oc6ccnc7ccsc67)CC5)on4)c(F)c(F)cc3n2C)CC1)C1CCCCC1. The molecule has 5 aromatic rings. The van der Waals surface area contributed by atoms with Crippen LogP contribution in [0.3, 0.4) is 0 Å². The maximum atomic E-state index is 15.2. The third-order valence-electron chi connectivity index (χ3n) is 13.6. The number of aromatic nitrogens is 3. The van der Waals surface area contributed by atoms with E-state index in [4.69, 9.17) is 32.9 Å². The van der Waals surface area contributed by atoms with Crippen molar-refractivity contribution in [2.24, 2.45) is 13.0 Å². The van der Waals surface area contributed by atoms with Gasteiger partial charge in [0.15, 0.2) is 17.3 Å². The number of aryl methyl sites for hydroxylation is 1. The van der Waals surface area contributed by atoms with E-state index in [9.17, 15) is 18.8 Å². The Morgan fingerprint density at radius 1 is 0.845 bits per heavy atom. The molecule has 3 amide bonds. The van der Waals surface area contributed by atoms with Gasteiger partial charge in [-0.3, -0.25) is 24.3 Å². The van der Waals surface area contributed by atoms with E-state index in [1.165, 1.54) is 10.6 Å². The Balaban J connectivity index is 0.689. The van der Waals surface area contributed by atoms with Gasteiger partial charge in [0.05, 0.1) is 68.0 Å². The monoisotopic (exact) mass is 1010 g/mol. The molecule has 0 radical (unpaired) electrons. The molecule has 2 saturated heterocycles. The quantitative estimate of drug-likeness (QED) is 0.0733. The first-order chi connectivity index (χ1) is 34.6. The summed E-state index contributed by atoms with van der Waals surface area (Å²) < 4.78 is 72.8. The van der Waals surface area contributed by atoms with Crippen molar-refractivity contribution in [3.8, 4) is 17.4 Å². The van der Waals surface area contributed by atoms with Crippen LogP contribution in [0.4, 0.5) is 8.78 Å². The van der Waals surface area contributed by atoms with Crippen molar-refractivity contribution in [3.63, 3.8) is 0 Å². The van der Waals surface area contributed by atoms with Gasteiger partial charge in [-0.25, -0.2) is 4.39 Å². The molecule has 0 bridgehead atoms. The van der Waals surface area contributed by atoms with Gasteiger partial charge >= 0.3 is 0 Å². The zero-order valence-electron chi connectivity index (χ0n) is 40.8. The molecule has 71 heavy (non-hydrogen) atoms. The Bertz CT molecular complexity index is 2540. The Hall–Kier alpha value is -5.45. The molecule has 2 atom stereocenters. The van der Waals surface area contributed by atoms with E-state index in [1.54, 1.807) is 54.4 Å². The van der Waals surface area contributed by atoms with Crippen molar-refractivity contribution in [2.75, 3.05) is 99.2 Å². The van der Waals surface area contributed by atoms with Crippen LogP contribution in [0.5, 0.6) is 17.4 Å². The zero-order valence-corrected chi connectivity index (χ0v) is 41.7. The van der Waals surface area contributed by atoms with Crippen molar-refractivity contribution in [1.82, 2.24) is 40.0 Å². The number of hydrogen-bond acceptors (Lipinski definition) is 15. The first-order valence-electron chi connectivity index (χ1n) is 24.8. The van der Waals surface area contributed by atoms with Crippen molar-refractivity contribution < 1.29 is 56.1 Å². The summed E-state index contributed by atoms with van der Waals surface area (Å²) in [5.74, 6) is -1.17. The summed E-state index contributed by atoms with van der Waals surface area (Å²) in [4.78, 5) is 50.7. The molecule has 3 fully saturated rings. The van der Waals surface area contributed by atoms with E-state index in [2.05, 4.69) is 25.7 Å². The fourth-order valence-corrected chi connectivity index (χ4v) is 10.2. The van der Waals surface area contributed by atoms with E-state index >= 15 is 4.39 Å². The highest BCUT2D eigenvalue weighted by atomic mass is 32.1. The topological polar surface area (TPSA) is 184 Å². The highest BCUT2D eigenvalue weighted by Crippen LogP contribution is 2.35. The summed E-state index contributed by atoms with van der Waals surface area (Å²) in [5, 5.41) is 12.3. The van der Waals surface area contributed by atoms with E-state index in [0.717, 1.165) is 85.8 Å². The number of rotatable bonds is 24. The number of hydrogen-bond donors (Lipinski definition) is 2. The lowest BCUT2D eigenvalue weighted by molar-refractivity contribution is -0.140. The van der Waals surface area contributed by atoms with E-state index in [0.29, 0.717) is 57.5 Å². The summed E-state index contributed by atoms with van der Waals surface area (Å²) in [6.07, 6.45) is 8.67. The molecule has 21 heteroatoms. The molecule has 386 valence electrons. The van der Waals surface area contributed by atoms with Crippen LogP contribution in [-0.4, -0.2) is 164 Å². The first-order valence-corrected chi connectivity index (χ1v) is 25.6. The molecule has 18 nitrogen and oxygen atoms in total. The summed E-state index contributed by atoms with van der Waals surface area (Å²) >= 11 is 1.65. The minimum absolute atomic E-state index is 0.0554. The average Bonchev–Trinajstić information content (AvgIpc) is 4.15. The highest BCUT2D eigenvalue weighted by molar-refractivity contribution is 7.17. The summed E-state index contributed by atoms with van der Waals surface area (Å²) in [6, 6.07) is 7.23. The molecule has 1 aliphatic carbocycles. The van der Waals surface area contributed by atoms with Gasteiger partial charge in [0.1, 0.15) is 36.8 Å². The number of ether oxygens (including phenoxy) is 6. The predicted molar refractivity (Wildman–Crippen MR) is 261 cm³/mol. The van der Waals surface area contributed by atoms with Crippen LogP contribution in [0.2, 0.25) is 0 Å². The van der Waals surface area contributed by atoms with Gasteiger partial charge in [-0.15, -0.1) is 11.3 Å². The smallest absolute Gasteiger partial charge is 0.270 e. The highest BCUT2D eigenvalue weighted by Gasteiger charge is 2.37. The predicted octanol–water partition coefficient (Wildman–Crippen LogP) is 5.56. The maximum Gasteiger partial charge on any atom is 0.270 e. The second-order valence-corrected chi connectivity index (χ2v) is 19.2. The number of nitrogens with one attached hydrogen (secondary N) is 2. The van der Waals surface area contributed by atoms with Crippen LogP contribution in [0.1, 0.15) is 68.1 Å². The van der Waals surface area contributed by atoms with Crippen molar-refractivity contribution >= 4 is 50.2 Å². The van der Waals surface area contributed by atoms with Crippen molar-refractivity contribution in [2.45, 2.75) is 76.6 Å². The number of carbonyl (C=O) groups is 3. The summed E-state index contributed by atoms with van der Waals surface area (Å²) in [5.41, 5.74) is 1.48. The molecule has 2 aliphatic heterocycles. The minimum atomic E-state index is -1.16. The van der Waals surface area contributed by atoms with Crippen LogP contribution in [0.25, 0.3) is 21.1 Å². The van der Waals surface area contributed by atoms with Crippen LogP contribution in [0.15, 0.2) is 46.4 Å². The van der Waals surface area contributed by atoms with E-state index in [1.807, 2.05) is 17.5 Å². The largest absolute Gasteiger partial charge is 0.489 e. The van der Waals surface area contributed by atoms with Crippen LogP contribution >= 0.6 is 11.3 Å². The van der Waals surface area contributed by atoms with Gasteiger partial charge in [-0.1, -0.05) is 19.3 Å². The molecule has 0 unspecified atom stereocenters. The molecule has 2 N–H and O–H groups in total. The number of thiophene rings is 1. The standard InChI is InChI=1S/C50H66F2N8O10S/c1-33(53-2)48(61)55-45(34-7-5-4-6-8-34)50(63)60-18-16-59(17-19-60)49(62)41-30-37-40(57(41)3)31-38(51)44(52)46(37)68-27-25-66-23-21-64-20-22-65-24-26-67-43-29-36(70-56-43)32-58-14-10-35(11-15-58)69-42-9-13-54-39-12-28-71-47(39)42/h9,12-13,28-31,33-35,45,53H,4-8,10-11,14-27,32H2,1-3H3,(H,55,61)/t33-,45-/m0/s1. The van der Waals surface area contributed by atoms with Crippen molar-refractivity contribution in [3.05, 3.63) is 65.0 Å². The molecule has 0 spiro atoms. The summed E-state index contributed by atoms with van der Waals surface area (Å²) in [7, 11) is 3.32. The van der Waals surface area contributed by atoms with Crippen LogP contribution in [-0.2, 0) is 37.4 Å². The second-order valence-electron chi connectivity index (χ2n) is 18.2. The Morgan fingerprint density at radius 2 is 1.52 bits per heavy atom. The Kier molecular flexibility index (Phi) is 18.5. The lowest BCUT2D eigenvalue weighted by Crippen LogP contribution is -2.59. The lowest BCUT2D eigenvalue weighted by Gasteiger charge is -2.39. The van der Waals surface area contributed by atoms with E-state index < -0.39 is 23.7 Å². The molecular formula is C50H66F2N8O10S.